The highest BCUT2D eigenvalue weighted by Gasteiger charge is 2.16. The fourth-order valence-electron chi connectivity index (χ4n) is 2.98. The molecule has 2 N–H and O–H groups in total. The predicted octanol–water partition coefficient (Wildman–Crippen LogP) is 3.02. The Kier molecular flexibility index (Phi) is 3.82. The first kappa shape index (κ1) is 16.4. The van der Waals surface area contributed by atoms with Crippen molar-refractivity contribution in [1.29, 1.82) is 0 Å². The summed E-state index contributed by atoms with van der Waals surface area (Å²) < 4.78 is 25.1. The molecule has 0 saturated carbocycles. The number of primary sulfonamides is 1. The van der Waals surface area contributed by atoms with Gasteiger partial charge >= 0.3 is 0 Å². The number of nitrogens with zero attached hydrogens (tertiary/aromatic N) is 3. The van der Waals surface area contributed by atoms with Crippen molar-refractivity contribution in [2.75, 3.05) is 0 Å². The maximum atomic E-state index is 11.8. The molecule has 6 nitrogen and oxygen atoms in total. The molecule has 0 bridgehead atoms. The van der Waals surface area contributed by atoms with Crippen molar-refractivity contribution >= 4 is 15.7 Å². The number of nitrogens with two attached hydrogens (primary N) is 1. The molecule has 1 aromatic carbocycles. The Morgan fingerprint density at radius 3 is 2.46 bits per heavy atom. The molecule has 0 atom stereocenters. The molecule has 0 radical (unpaired) electrons. The molecule has 0 unspecified atom stereocenters. The van der Waals surface area contributed by atoms with Crippen LogP contribution in [0.15, 0.2) is 72.0 Å². The highest BCUT2D eigenvalue weighted by atomic mass is 32.2. The van der Waals surface area contributed by atoms with Crippen LogP contribution in [0.3, 0.4) is 0 Å². The van der Waals surface area contributed by atoms with Crippen LogP contribution < -0.4 is 5.14 Å². The van der Waals surface area contributed by atoms with Gasteiger partial charge in [0.15, 0.2) is 5.03 Å². The van der Waals surface area contributed by atoms with Gasteiger partial charge in [0.05, 0.1) is 11.9 Å². The van der Waals surface area contributed by atoms with E-state index in [-0.39, 0.29) is 5.03 Å². The monoisotopic (exact) mass is 364 g/mol. The van der Waals surface area contributed by atoms with Crippen LogP contribution in [0.1, 0.15) is 5.69 Å². The van der Waals surface area contributed by atoms with Crippen LogP contribution in [0.25, 0.3) is 28.0 Å². The molecule has 0 fully saturated rings. The molecule has 0 aliphatic carbocycles. The number of imidazole rings is 1. The standard InChI is InChI=1S/C19H16N4O2S/c1-13-5-4-8-17(22-13)16-7-3-2-6-15(16)14-9-10-18-21-11-19(23(18)12-14)26(20,24)25/h2-12H,1H3,(H2,20,24,25). The summed E-state index contributed by atoms with van der Waals surface area (Å²) in [6, 6.07) is 17.4. The van der Waals surface area contributed by atoms with Gasteiger partial charge in [-0.3, -0.25) is 9.38 Å². The van der Waals surface area contributed by atoms with Crippen LogP contribution in [-0.2, 0) is 10.0 Å². The summed E-state index contributed by atoms with van der Waals surface area (Å²) in [5, 5.41) is 5.25. The Labute approximate surface area is 151 Å². The van der Waals surface area contributed by atoms with Crippen LogP contribution in [0.5, 0.6) is 0 Å². The summed E-state index contributed by atoms with van der Waals surface area (Å²) in [4.78, 5) is 8.71. The average Bonchev–Trinajstić information content (AvgIpc) is 3.05. The first-order valence-electron chi connectivity index (χ1n) is 7.97. The van der Waals surface area contributed by atoms with Crippen molar-refractivity contribution in [3.8, 4) is 22.4 Å². The second kappa shape index (κ2) is 6.05. The molecular formula is C19H16N4O2S. The average molecular weight is 364 g/mol. The van der Waals surface area contributed by atoms with Gasteiger partial charge in [-0.15, -0.1) is 0 Å². The molecule has 3 heterocycles. The van der Waals surface area contributed by atoms with Crippen molar-refractivity contribution in [1.82, 2.24) is 14.4 Å². The lowest BCUT2D eigenvalue weighted by Gasteiger charge is -2.11. The van der Waals surface area contributed by atoms with Crippen molar-refractivity contribution in [2.45, 2.75) is 11.9 Å². The Morgan fingerprint density at radius 1 is 0.962 bits per heavy atom. The quantitative estimate of drug-likeness (QED) is 0.605. The zero-order chi connectivity index (χ0) is 18.3. The van der Waals surface area contributed by atoms with E-state index in [9.17, 15) is 8.42 Å². The summed E-state index contributed by atoms with van der Waals surface area (Å²) in [7, 11) is -3.86. The molecule has 4 rings (SSSR count). The van der Waals surface area contributed by atoms with Gasteiger partial charge < -0.3 is 0 Å². The molecule has 7 heteroatoms. The van der Waals surface area contributed by atoms with Crippen LogP contribution in [0.4, 0.5) is 0 Å². The summed E-state index contributed by atoms with van der Waals surface area (Å²) >= 11 is 0. The first-order valence-corrected chi connectivity index (χ1v) is 9.51. The second-order valence-electron chi connectivity index (χ2n) is 6.00. The lowest BCUT2D eigenvalue weighted by atomic mass is 9.98. The van der Waals surface area contributed by atoms with Gasteiger partial charge in [-0.1, -0.05) is 30.3 Å². The number of aromatic nitrogens is 3. The third-order valence-electron chi connectivity index (χ3n) is 4.17. The summed E-state index contributed by atoms with van der Waals surface area (Å²) in [5.74, 6) is 0. The van der Waals surface area contributed by atoms with E-state index in [1.54, 1.807) is 12.3 Å². The molecule has 26 heavy (non-hydrogen) atoms. The Bertz CT molecular complexity index is 1230. The maximum Gasteiger partial charge on any atom is 0.255 e. The number of sulfonamides is 1. The SMILES string of the molecule is Cc1cccc(-c2ccccc2-c2ccc3ncc(S(N)(=O)=O)n3c2)n1. The van der Waals surface area contributed by atoms with Crippen molar-refractivity contribution in [2.24, 2.45) is 5.14 Å². The van der Waals surface area contributed by atoms with E-state index in [1.807, 2.05) is 55.5 Å². The largest absolute Gasteiger partial charge is 0.289 e. The molecule has 130 valence electrons. The zero-order valence-electron chi connectivity index (χ0n) is 14.0. The van der Waals surface area contributed by atoms with Crippen molar-refractivity contribution in [3.63, 3.8) is 0 Å². The van der Waals surface area contributed by atoms with Crippen molar-refractivity contribution in [3.05, 3.63) is 72.7 Å². The Morgan fingerprint density at radius 2 is 1.73 bits per heavy atom. The topological polar surface area (TPSA) is 90.3 Å². The van der Waals surface area contributed by atoms with Gasteiger partial charge in [0, 0.05) is 17.5 Å². The molecule has 0 saturated heterocycles. The summed E-state index contributed by atoms with van der Waals surface area (Å²) in [5.41, 5.74) is 5.06. The molecule has 0 amide bonds. The first-order chi connectivity index (χ1) is 12.4. The van der Waals surface area contributed by atoms with Gasteiger partial charge in [-0.05, 0) is 42.3 Å². The van der Waals surface area contributed by atoms with E-state index in [0.717, 1.165) is 28.1 Å². The van der Waals surface area contributed by atoms with Crippen LogP contribution in [0, 0.1) is 6.92 Å². The van der Waals surface area contributed by atoms with E-state index in [1.165, 1.54) is 10.6 Å². The number of pyridine rings is 2. The number of hydrogen-bond donors (Lipinski definition) is 1. The van der Waals surface area contributed by atoms with Gasteiger partial charge in [-0.2, -0.15) is 0 Å². The maximum absolute atomic E-state index is 11.8. The van der Waals surface area contributed by atoms with E-state index in [0.29, 0.717) is 5.65 Å². The van der Waals surface area contributed by atoms with Gasteiger partial charge in [0.25, 0.3) is 10.0 Å². The highest BCUT2D eigenvalue weighted by molar-refractivity contribution is 7.89. The Balaban J connectivity index is 1.94. The van der Waals surface area contributed by atoms with Crippen LogP contribution >= 0.6 is 0 Å². The lowest BCUT2D eigenvalue weighted by Crippen LogP contribution is -2.14. The van der Waals surface area contributed by atoms with Gasteiger partial charge in [0.2, 0.25) is 0 Å². The fraction of sp³-hybridized carbons (Fsp3) is 0.0526. The van der Waals surface area contributed by atoms with Crippen LogP contribution in [0.2, 0.25) is 0 Å². The second-order valence-corrected chi connectivity index (χ2v) is 7.51. The van der Waals surface area contributed by atoms with E-state index < -0.39 is 10.0 Å². The molecule has 0 spiro atoms. The van der Waals surface area contributed by atoms with E-state index in [2.05, 4.69) is 9.97 Å². The predicted molar refractivity (Wildman–Crippen MR) is 100.0 cm³/mol. The number of fused-ring (bicyclic) bond motifs is 1. The molecule has 0 aliphatic heterocycles. The van der Waals surface area contributed by atoms with Gasteiger partial charge in [0.1, 0.15) is 5.65 Å². The molecular weight excluding hydrogens is 348 g/mol. The third kappa shape index (κ3) is 2.87. The smallest absolute Gasteiger partial charge is 0.255 e. The van der Waals surface area contributed by atoms with Gasteiger partial charge in [-0.25, -0.2) is 18.5 Å². The molecule has 0 aliphatic rings. The zero-order valence-corrected chi connectivity index (χ0v) is 14.8. The minimum Gasteiger partial charge on any atom is -0.289 e. The van der Waals surface area contributed by atoms with Crippen LogP contribution in [-0.4, -0.2) is 22.8 Å². The minimum atomic E-state index is -3.86. The summed E-state index contributed by atoms with van der Waals surface area (Å²) in [6.07, 6.45) is 3.00. The number of aryl methyl sites for hydroxylation is 1. The molecule has 3 aromatic heterocycles. The number of benzene rings is 1. The summed E-state index contributed by atoms with van der Waals surface area (Å²) in [6.45, 7) is 1.95. The van der Waals surface area contributed by atoms with E-state index in [4.69, 9.17) is 5.14 Å². The Hall–Kier alpha value is -3.03. The number of hydrogen-bond acceptors (Lipinski definition) is 4. The third-order valence-corrected chi connectivity index (χ3v) is 5.05. The number of rotatable bonds is 3. The highest BCUT2D eigenvalue weighted by Crippen LogP contribution is 2.31. The fourth-order valence-corrected chi connectivity index (χ4v) is 3.60. The normalized spacial score (nSPS) is 11.8. The minimum absolute atomic E-state index is 0.0412. The van der Waals surface area contributed by atoms with E-state index >= 15 is 0 Å². The molecule has 4 aromatic rings. The lowest BCUT2D eigenvalue weighted by molar-refractivity contribution is 0.593. The van der Waals surface area contributed by atoms with Crippen molar-refractivity contribution < 1.29 is 8.42 Å².